The van der Waals surface area contributed by atoms with Crippen LogP contribution in [-0.2, 0) is 14.3 Å². The third-order valence-electron chi connectivity index (χ3n) is 1.54. The van der Waals surface area contributed by atoms with E-state index in [2.05, 4.69) is 0 Å². The fourth-order valence-corrected chi connectivity index (χ4v) is 1.03. The van der Waals surface area contributed by atoms with Crippen LogP contribution in [0.5, 0.6) is 0 Å². The number of ketones is 1. The quantitative estimate of drug-likeness (QED) is 0.363. The van der Waals surface area contributed by atoms with Gasteiger partial charge in [-0.15, -0.1) is 11.6 Å². The monoisotopic (exact) mass is 206 g/mol. The summed E-state index contributed by atoms with van der Waals surface area (Å²) in [6, 6.07) is 0. The molecule has 0 unspecified atom stereocenters. The van der Waals surface area contributed by atoms with Crippen molar-refractivity contribution in [3.05, 3.63) is 0 Å². The maximum Gasteiger partial charge on any atom is 0.305 e. The Bertz CT molecular complexity index is 168. The molecule has 0 saturated heterocycles. The van der Waals surface area contributed by atoms with Crippen molar-refractivity contribution in [1.29, 1.82) is 0 Å². The Morgan fingerprint density at radius 1 is 1.23 bits per heavy atom. The molecule has 0 aromatic rings. The maximum atomic E-state index is 10.8. The van der Waals surface area contributed by atoms with Crippen LogP contribution in [0.1, 0.15) is 32.6 Å². The lowest BCUT2D eigenvalue weighted by Gasteiger charge is -2.00. The zero-order chi connectivity index (χ0) is 10.1. The number of carbonyl (C=O) groups is 2. The predicted octanol–water partition coefficient (Wildman–Crippen LogP) is 1.92. The number of halogens is 1. The van der Waals surface area contributed by atoms with E-state index in [4.69, 9.17) is 16.3 Å². The third-order valence-corrected chi connectivity index (χ3v) is 1.84. The molecule has 76 valence electrons. The van der Waals surface area contributed by atoms with Gasteiger partial charge in [0.2, 0.25) is 0 Å². The molecule has 0 amide bonds. The molecule has 0 fully saturated rings. The van der Waals surface area contributed by atoms with Crippen LogP contribution in [-0.4, -0.2) is 24.2 Å². The lowest BCUT2D eigenvalue weighted by molar-refractivity contribution is -0.143. The second-order valence-electron chi connectivity index (χ2n) is 2.68. The van der Waals surface area contributed by atoms with Crippen molar-refractivity contribution >= 4 is 23.4 Å². The number of unbranched alkanes of at least 4 members (excludes halogenated alkanes) is 1. The number of esters is 1. The first-order chi connectivity index (χ1) is 6.20. The van der Waals surface area contributed by atoms with Gasteiger partial charge in [-0.05, 0) is 19.8 Å². The van der Waals surface area contributed by atoms with Crippen molar-refractivity contribution in [2.75, 3.05) is 12.5 Å². The summed E-state index contributed by atoms with van der Waals surface area (Å²) in [5, 5.41) is 0. The van der Waals surface area contributed by atoms with Gasteiger partial charge in [0.05, 0.1) is 12.5 Å². The van der Waals surface area contributed by atoms with Crippen molar-refractivity contribution in [3.63, 3.8) is 0 Å². The zero-order valence-corrected chi connectivity index (χ0v) is 8.60. The van der Waals surface area contributed by atoms with Gasteiger partial charge in [0.1, 0.15) is 5.78 Å². The summed E-state index contributed by atoms with van der Waals surface area (Å²) in [6.07, 6.45) is 2.26. The summed E-state index contributed by atoms with van der Waals surface area (Å²) < 4.78 is 4.73. The van der Waals surface area contributed by atoms with E-state index in [0.717, 1.165) is 0 Å². The molecule has 0 bridgehead atoms. The Balaban J connectivity index is 3.25. The van der Waals surface area contributed by atoms with Gasteiger partial charge in [-0.1, -0.05) is 0 Å². The van der Waals surface area contributed by atoms with E-state index < -0.39 is 0 Å². The molecule has 0 aliphatic heterocycles. The molecule has 13 heavy (non-hydrogen) atoms. The van der Waals surface area contributed by atoms with Crippen LogP contribution < -0.4 is 0 Å². The fraction of sp³-hybridized carbons (Fsp3) is 0.778. The molecule has 4 heteroatoms. The molecule has 3 nitrogen and oxygen atoms in total. The molecule has 0 N–H and O–H groups in total. The summed E-state index contributed by atoms with van der Waals surface area (Å²) in [4.78, 5) is 21.6. The summed E-state index contributed by atoms with van der Waals surface area (Å²) in [5.74, 6) is -0.0919. The molecule has 0 saturated carbocycles. The Kier molecular flexibility index (Phi) is 7.69. The van der Waals surface area contributed by atoms with E-state index in [1.807, 2.05) is 0 Å². The van der Waals surface area contributed by atoms with Crippen LogP contribution in [0, 0.1) is 0 Å². The van der Waals surface area contributed by atoms with Gasteiger partial charge in [-0.3, -0.25) is 9.59 Å². The Morgan fingerprint density at radius 3 is 2.38 bits per heavy atom. The maximum absolute atomic E-state index is 10.8. The Labute approximate surface area is 83.4 Å². The van der Waals surface area contributed by atoms with Crippen LogP contribution in [0.2, 0.25) is 0 Å². The number of hydrogen-bond acceptors (Lipinski definition) is 3. The van der Waals surface area contributed by atoms with E-state index in [-0.39, 0.29) is 17.6 Å². The smallest absolute Gasteiger partial charge is 0.305 e. The van der Waals surface area contributed by atoms with Crippen molar-refractivity contribution in [2.24, 2.45) is 0 Å². The van der Waals surface area contributed by atoms with Crippen LogP contribution in [0.3, 0.4) is 0 Å². The lowest BCUT2D eigenvalue weighted by atomic mass is 10.1. The van der Waals surface area contributed by atoms with E-state index in [1.165, 1.54) is 0 Å². The zero-order valence-electron chi connectivity index (χ0n) is 7.85. The molecule has 0 radical (unpaired) electrons. The van der Waals surface area contributed by atoms with Gasteiger partial charge < -0.3 is 4.74 Å². The van der Waals surface area contributed by atoms with Crippen LogP contribution in [0.4, 0.5) is 0 Å². The predicted molar refractivity (Wildman–Crippen MR) is 50.8 cm³/mol. The molecule has 0 heterocycles. The van der Waals surface area contributed by atoms with E-state index >= 15 is 0 Å². The highest BCUT2D eigenvalue weighted by molar-refractivity contribution is 6.27. The number of hydrogen-bond donors (Lipinski definition) is 0. The van der Waals surface area contributed by atoms with E-state index in [9.17, 15) is 9.59 Å². The first-order valence-electron chi connectivity index (χ1n) is 4.44. The number of alkyl halides is 1. The lowest BCUT2D eigenvalue weighted by Crippen LogP contribution is -2.04. The van der Waals surface area contributed by atoms with Gasteiger partial charge >= 0.3 is 5.97 Å². The highest BCUT2D eigenvalue weighted by Crippen LogP contribution is 2.02. The number of Topliss-reactive ketones (excluding diaryl/α,β-unsaturated/α-hetero) is 1. The molecule has 0 aromatic heterocycles. The number of carbonyl (C=O) groups excluding carboxylic acids is 2. The van der Waals surface area contributed by atoms with Crippen LogP contribution >= 0.6 is 11.6 Å². The van der Waals surface area contributed by atoms with Gasteiger partial charge in [0.15, 0.2) is 0 Å². The second kappa shape index (κ2) is 8.05. The number of rotatable bonds is 7. The first-order valence-corrected chi connectivity index (χ1v) is 4.97. The summed E-state index contributed by atoms with van der Waals surface area (Å²) >= 11 is 5.30. The molecular weight excluding hydrogens is 192 g/mol. The minimum atomic E-state index is -0.194. The fourth-order valence-electron chi connectivity index (χ4n) is 0.891. The van der Waals surface area contributed by atoms with Crippen molar-refractivity contribution in [3.8, 4) is 0 Å². The van der Waals surface area contributed by atoms with Crippen molar-refractivity contribution in [2.45, 2.75) is 32.6 Å². The van der Waals surface area contributed by atoms with Gasteiger partial charge in [-0.2, -0.15) is 0 Å². The number of ether oxygens (including phenoxy) is 1. The second-order valence-corrected chi connectivity index (χ2v) is 2.95. The van der Waals surface area contributed by atoms with Gasteiger partial charge in [0, 0.05) is 12.8 Å². The molecule has 0 atom stereocenters. The molecule has 0 aliphatic rings. The largest absolute Gasteiger partial charge is 0.466 e. The average molecular weight is 207 g/mol. The van der Waals surface area contributed by atoms with Crippen molar-refractivity contribution < 1.29 is 14.3 Å². The van der Waals surface area contributed by atoms with Crippen molar-refractivity contribution in [1.82, 2.24) is 0 Å². The molecule has 0 rings (SSSR count). The molecule has 0 aliphatic carbocycles. The van der Waals surface area contributed by atoms with E-state index in [1.54, 1.807) is 6.92 Å². The Morgan fingerprint density at radius 2 is 1.85 bits per heavy atom. The van der Waals surface area contributed by atoms with E-state index in [0.29, 0.717) is 32.3 Å². The topological polar surface area (TPSA) is 43.4 Å². The minimum absolute atomic E-state index is 0.0329. The highest BCUT2D eigenvalue weighted by Gasteiger charge is 2.03. The summed E-state index contributed by atoms with van der Waals surface area (Å²) in [7, 11) is 0. The molecular formula is C9H15ClO3. The highest BCUT2D eigenvalue weighted by atomic mass is 35.5. The summed E-state index contributed by atoms with van der Waals surface area (Å²) in [6.45, 7) is 2.19. The SMILES string of the molecule is CCOC(=O)CCCCC(=O)CCl. The first kappa shape index (κ1) is 12.4. The van der Waals surface area contributed by atoms with Crippen LogP contribution in [0.15, 0.2) is 0 Å². The van der Waals surface area contributed by atoms with Gasteiger partial charge in [0.25, 0.3) is 0 Å². The summed E-state index contributed by atoms with van der Waals surface area (Å²) in [5.41, 5.74) is 0. The third kappa shape index (κ3) is 7.78. The minimum Gasteiger partial charge on any atom is -0.466 e. The normalized spacial score (nSPS) is 9.69. The van der Waals surface area contributed by atoms with Crippen LogP contribution in [0.25, 0.3) is 0 Å². The van der Waals surface area contributed by atoms with Gasteiger partial charge in [-0.25, -0.2) is 0 Å². The molecule has 0 aromatic carbocycles. The standard InChI is InChI=1S/C9H15ClO3/c1-2-13-9(12)6-4-3-5-8(11)7-10/h2-7H2,1H3. The molecule has 0 spiro atoms. The average Bonchev–Trinajstić information content (AvgIpc) is 2.12. The Hall–Kier alpha value is -0.570.